The Morgan fingerprint density at radius 3 is 1.50 bits per heavy atom. The van der Waals surface area contributed by atoms with Gasteiger partial charge in [-0.2, -0.15) is 0 Å². The van der Waals surface area contributed by atoms with Crippen LogP contribution in [0.3, 0.4) is 0 Å². The molecule has 0 spiro atoms. The molecule has 0 bridgehead atoms. The first-order chi connectivity index (χ1) is 30.7. The normalized spacial score (nSPS) is 11.7. The number of rotatable bonds is 10. The zero-order valence-electron chi connectivity index (χ0n) is 34.4. The van der Waals surface area contributed by atoms with E-state index in [0.717, 1.165) is 77.9 Å². The molecule has 2 heterocycles. The maximum absolute atomic E-state index is 5.28. The number of para-hydroxylation sites is 1. The number of hydrogen-bond donors (Lipinski definition) is 0. The molecule has 0 aliphatic heterocycles. The van der Waals surface area contributed by atoms with Gasteiger partial charge in [0, 0.05) is 33.2 Å². The minimum Gasteiger partial charge on any atom is -0.309 e. The topological polar surface area (TPSA) is 43.6 Å². The number of benzene rings is 8. The molecule has 62 heavy (non-hydrogen) atoms. The summed E-state index contributed by atoms with van der Waals surface area (Å²) >= 11 is 0. The van der Waals surface area contributed by atoms with Gasteiger partial charge in [-0.3, -0.25) is 0 Å². The van der Waals surface area contributed by atoms with Gasteiger partial charge in [0.25, 0.3) is 0 Å². The van der Waals surface area contributed by atoms with Crippen LogP contribution in [-0.2, 0) is 0 Å². The van der Waals surface area contributed by atoms with Crippen LogP contribution in [-0.4, -0.2) is 19.5 Å². The van der Waals surface area contributed by atoms with Crippen molar-refractivity contribution in [2.24, 2.45) is 0 Å². The van der Waals surface area contributed by atoms with Crippen LogP contribution in [0, 0.1) is 0 Å². The predicted molar refractivity (Wildman–Crippen MR) is 260 cm³/mol. The number of fused-ring (bicyclic) bond motifs is 3. The first kappa shape index (κ1) is 38.0. The number of aromatic nitrogens is 4. The van der Waals surface area contributed by atoms with Crippen LogP contribution in [0.5, 0.6) is 0 Å². The molecule has 0 fully saturated rings. The second-order valence-corrected chi connectivity index (χ2v) is 15.2. The zero-order chi connectivity index (χ0) is 41.8. The lowest BCUT2D eigenvalue weighted by Gasteiger charge is -2.16. The Morgan fingerprint density at radius 1 is 0.403 bits per heavy atom. The van der Waals surface area contributed by atoms with Crippen LogP contribution >= 0.6 is 0 Å². The van der Waals surface area contributed by atoms with Gasteiger partial charge in [0.15, 0.2) is 17.5 Å². The summed E-state index contributed by atoms with van der Waals surface area (Å²) in [6.07, 6.45) is 8.12. The summed E-state index contributed by atoms with van der Waals surface area (Å²) in [5.74, 6) is 1.83. The highest BCUT2D eigenvalue weighted by atomic mass is 15.0. The lowest BCUT2D eigenvalue weighted by Crippen LogP contribution is -2.01. The van der Waals surface area contributed by atoms with E-state index in [1.807, 2.05) is 31.2 Å². The molecule has 0 atom stereocenters. The molecule has 0 N–H and O–H groups in total. The Bertz CT molecular complexity index is 3220. The molecule has 0 saturated carbocycles. The molecule has 4 nitrogen and oxygen atoms in total. The molecular formula is C58H42N4. The first-order valence-corrected chi connectivity index (χ1v) is 20.9. The van der Waals surface area contributed by atoms with Gasteiger partial charge in [-0.1, -0.05) is 189 Å². The van der Waals surface area contributed by atoms with E-state index in [2.05, 4.69) is 211 Å². The molecule has 0 unspecified atom stereocenters. The van der Waals surface area contributed by atoms with E-state index in [4.69, 9.17) is 15.0 Å². The van der Waals surface area contributed by atoms with Crippen molar-refractivity contribution in [2.75, 3.05) is 0 Å². The van der Waals surface area contributed by atoms with Gasteiger partial charge in [-0.25, -0.2) is 15.0 Å². The molecule has 4 heteroatoms. The fraction of sp³-hybridized carbons (Fsp3) is 0.0172. The van der Waals surface area contributed by atoms with Crippen LogP contribution in [0.4, 0.5) is 0 Å². The molecule has 0 aliphatic rings. The molecule has 0 aliphatic carbocycles. The van der Waals surface area contributed by atoms with Gasteiger partial charge in [0.2, 0.25) is 0 Å². The quantitative estimate of drug-likeness (QED) is 0.130. The van der Waals surface area contributed by atoms with Crippen molar-refractivity contribution >= 4 is 27.5 Å². The fourth-order valence-corrected chi connectivity index (χ4v) is 8.42. The molecule has 10 aromatic rings. The summed E-state index contributed by atoms with van der Waals surface area (Å²) in [4.78, 5) is 15.8. The van der Waals surface area contributed by atoms with Gasteiger partial charge in [0.05, 0.1) is 11.0 Å². The lowest BCUT2D eigenvalue weighted by molar-refractivity contribution is 1.07. The van der Waals surface area contributed by atoms with Crippen LogP contribution < -0.4 is 0 Å². The summed E-state index contributed by atoms with van der Waals surface area (Å²) < 4.78 is 2.30. The van der Waals surface area contributed by atoms with Crippen molar-refractivity contribution in [3.8, 4) is 78.7 Å². The smallest absolute Gasteiger partial charge is 0.164 e. The molecule has 0 amide bonds. The van der Waals surface area contributed by atoms with Crippen molar-refractivity contribution in [3.63, 3.8) is 0 Å². The average molecular weight is 795 g/mol. The number of allylic oxidation sites excluding steroid dienone is 5. The van der Waals surface area contributed by atoms with Gasteiger partial charge >= 0.3 is 0 Å². The van der Waals surface area contributed by atoms with Crippen molar-refractivity contribution in [1.82, 2.24) is 19.5 Å². The van der Waals surface area contributed by atoms with E-state index in [1.165, 1.54) is 10.8 Å². The van der Waals surface area contributed by atoms with E-state index >= 15 is 0 Å². The first-order valence-electron chi connectivity index (χ1n) is 20.9. The highest BCUT2D eigenvalue weighted by Gasteiger charge is 2.20. The SMILES string of the molecule is C=C/C(=C\C=C/C)n1c2ccccc2c2cc(-c3ccccc3-c3ccccc3-c3nc(-c4cccc(-c5ccccc5)c4)nc(-c4cccc(-c5ccccc5)c4)n3)ccc21. The average Bonchev–Trinajstić information content (AvgIpc) is 3.68. The third-order valence-corrected chi connectivity index (χ3v) is 11.4. The van der Waals surface area contributed by atoms with E-state index in [-0.39, 0.29) is 0 Å². The zero-order valence-corrected chi connectivity index (χ0v) is 34.4. The minimum absolute atomic E-state index is 0.606. The maximum atomic E-state index is 5.28. The van der Waals surface area contributed by atoms with Crippen molar-refractivity contribution in [2.45, 2.75) is 6.92 Å². The molecule has 2 aromatic heterocycles. The van der Waals surface area contributed by atoms with Gasteiger partial charge < -0.3 is 4.57 Å². The van der Waals surface area contributed by atoms with Crippen LogP contribution in [0.1, 0.15) is 6.92 Å². The van der Waals surface area contributed by atoms with Crippen LogP contribution in [0.25, 0.3) is 106 Å². The minimum atomic E-state index is 0.606. The monoisotopic (exact) mass is 794 g/mol. The molecule has 294 valence electrons. The lowest BCUT2D eigenvalue weighted by atomic mass is 9.91. The van der Waals surface area contributed by atoms with Crippen molar-refractivity contribution in [1.29, 1.82) is 0 Å². The highest BCUT2D eigenvalue weighted by Crippen LogP contribution is 2.41. The van der Waals surface area contributed by atoms with E-state index < -0.39 is 0 Å². The fourth-order valence-electron chi connectivity index (χ4n) is 8.42. The summed E-state index contributed by atoms with van der Waals surface area (Å²) in [6.45, 7) is 6.19. The largest absolute Gasteiger partial charge is 0.309 e. The van der Waals surface area contributed by atoms with Gasteiger partial charge in [-0.15, -0.1) is 0 Å². The van der Waals surface area contributed by atoms with Crippen molar-refractivity contribution in [3.05, 3.63) is 231 Å². The van der Waals surface area contributed by atoms with E-state index in [0.29, 0.717) is 17.5 Å². The van der Waals surface area contributed by atoms with Gasteiger partial charge in [-0.05, 0) is 93.9 Å². The van der Waals surface area contributed by atoms with Crippen molar-refractivity contribution < 1.29 is 0 Å². The van der Waals surface area contributed by atoms with E-state index in [9.17, 15) is 0 Å². The summed E-state index contributed by atoms with van der Waals surface area (Å²) in [5.41, 5.74) is 14.9. The Labute approximate surface area is 362 Å². The Morgan fingerprint density at radius 2 is 0.887 bits per heavy atom. The van der Waals surface area contributed by atoms with Crippen LogP contribution in [0.2, 0.25) is 0 Å². The third-order valence-electron chi connectivity index (χ3n) is 11.4. The Hall–Kier alpha value is -8.21. The molecule has 10 rings (SSSR count). The predicted octanol–water partition coefficient (Wildman–Crippen LogP) is 15.3. The van der Waals surface area contributed by atoms with Gasteiger partial charge in [0.1, 0.15) is 0 Å². The second kappa shape index (κ2) is 16.8. The summed E-state index contributed by atoms with van der Waals surface area (Å²) in [7, 11) is 0. The summed E-state index contributed by atoms with van der Waals surface area (Å²) in [5, 5.41) is 2.37. The maximum Gasteiger partial charge on any atom is 0.164 e. The summed E-state index contributed by atoms with van der Waals surface area (Å²) in [6, 6.07) is 70.2. The Kier molecular flexibility index (Phi) is 10.3. The molecule has 0 radical (unpaired) electrons. The highest BCUT2D eigenvalue weighted by molar-refractivity contribution is 6.12. The number of nitrogens with zero attached hydrogens (tertiary/aromatic N) is 4. The number of hydrogen-bond acceptors (Lipinski definition) is 3. The molecule has 0 saturated heterocycles. The molecule has 8 aromatic carbocycles. The third kappa shape index (κ3) is 7.25. The Balaban J connectivity index is 1.14. The van der Waals surface area contributed by atoms with Crippen LogP contribution in [0.15, 0.2) is 231 Å². The second-order valence-electron chi connectivity index (χ2n) is 15.2. The standard InChI is InChI=1S/C58H42N4/c1-3-5-28-47(4-2)62-54-34-17-16-32-51(54)53-39-44(35-36-55(53)62)48-29-12-13-30-49(48)50-31-14-15-33-52(50)58-60-56(45-26-18-24-42(37-45)40-20-8-6-9-21-40)59-57(61-58)46-27-19-25-43(38-46)41-22-10-7-11-23-41/h3-39H,2H2,1H3/b5-3-,47-28+. The molecular weight excluding hydrogens is 753 g/mol. The van der Waals surface area contributed by atoms with E-state index in [1.54, 1.807) is 0 Å².